The van der Waals surface area contributed by atoms with Crippen LogP contribution in [0, 0.1) is 0 Å². The first-order valence-electron chi connectivity index (χ1n) is 6.34. The molecule has 0 saturated carbocycles. The van der Waals surface area contributed by atoms with Gasteiger partial charge in [-0.25, -0.2) is 4.79 Å². The molecule has 3 rings (SSSR count). The minimum Gasteiger partial charge on any atom is -0.508 e. The van der Waals surface area contributed by atoms with Crippen molar-refractivity contribution >= 4 is 16.7 Å². The van der Waals surface area contributed by atoms with Crippen LogP contribution in [-0.2, 0) is 0 Å². The molecule has 0 amide bonds. The van der Waals surface area contributed by atoms with E-state index in [1.165, 1.54) is 12.1 Å². The van der Waals surface area contributed by atoms with Crippen LogP contribution >= 0.6 is 0 Å². The summed E-state index contributed by atoms with van der Waals surface area (Å²) in [6, 6.07) is 14.6. The van der Waals surface area contributed by atoms with Crippen molar-refractivity contribution in [3.8, 4) is 22.6 Å². The Labute approximate surface area is 120 Å². The number of carbonyl (C=O) groups is 1. The fourth-order valence-electron chi connectivity index (χ4n) is 2.30. The maximum atomic E-state index is 10.8. The highest BCUT2D eigenvalue weighted by atomic mass is 16.4. The standard InChI is InChI=1S/C17H12O4/c18-14-6-5-12-8-15(16(19)9-13(12)7-14)10-1-3-11(4-2-10)17(20)21/h1-9,18-19H,(H,20,21). The molecule has 0 heterocycles. The van der Waals surface area contributed by atoms with Gasteiger partial charge in [0.05, 0.1) is 5.56 Å². The zero-order valence-electron chi connectivity index (χ0n) is 10.9. The van der Waals surface area contributed by atoms with Crippen molar-refractivity contribution in [3.63, 3.8) is 0 Å². The molecule has 0 aromatic heterocycles. The third-order valence-corrected chi connectivity index (χ3v) is 3.38. The highest BCUT2D eigenvalue weighted by molar-refractivity contribution is 5.92. The van der Waals surface area contributed by atoms with E-state index in [9.17, 15) is 15.0 Å². The Morgan fingerprint density at radius 3 is 2.19 bits per heavy atom. The summed E-state index contributed by atoms with van der Waals surface area (Å²) in [4.78, 5) is 10.8. The van der Waals surface area contributed by atoms with E-state index in [-0.39, 0.29) is 17.1 Å². The first-order valence-corrected chi connectivity index (χ1v) is 6.34. The Bertz CT molecular complexity index is 835. The number of phenols is 2. The molecule has 0 unspecified atom stereocenters. The van der Waals surface area contributed by atoms with Crippen molar-refractivity contribution in [2.45, 2.75) is 0 Å². The van der Waals surface area contributed by atoms with Gasteiger partial charge in [0.25, 0.3) is 0 Å². The molecule has 0 saturated heterocycles. The van der Waals surface area contributed by atoms with Gasteiger partial charge in [0, 0.05) is 5.56 Å². The summed E-state index contributed by atoms with van der Waals surface area (Å²) in [5.74, 6) is -0.767. The number of hydrogen-bond acceptors (Lipinski definition) is 3. The molecule has 0 fully saturated rings. The normalized spacial score (nSPS) is 10.7. The van der Waals surface area contributed by atoms with Crippen LogP contribution in [0.15, 0.2) is 54.6 Å². The van der Waals surface area contributed by atoms with Crippen molar-refractivity contribution in [1.82, 2.24) is 0 Å². The largest absolute Gasteiger partial charge is 0.508 e. The van der Waals surface area contributed by atoms with E-state index >= 15 is 0 Å². The average molecular weight is 280 g/mol. The second-order valence-corrected chi connectivity index (χ2v) is 4.78. The maximum absolute atomic E-state index is 10.8. The number of aromatic hydroxyl groups is 2. The van der Waals surface area contributed by atoms with Gasteiger partial charge in [-0.15, -0.1) is 0 Å². The number of aromatic carboxylic acids is 1. The molecule has 3 aromatic carbocycles. The fraction of sp³-hybridized carbons (Fsp3) is 0. The maximum Gasteiger partial charge on any atom is 0.335 e. The van der Waals surface area contributed by atoms with E-state index in [2.05, 4.69) is 0 Å². The molecule has 104 valence electrons. The van der Waals surface area contributed by atoms with E-state index in [1.54, 1.807) is 42.5 Å². The summed E-state index contributed by atoms with van der Waals surface area (Å²) < 4.78 is 0. The van der Waals surface area contributed by atoms with Crippen molar-refractivity contribution in [2.75, 3.05) is 0 Å². The Hall–Kier alpha value is -3.01. The lowest BCUT2D eigenvalue weighted by molar-refractivity contribution is 0.0697. The van der Waals surface area contributed by atoms with Crippen LogP contribution in [0.1, 0.15) is 10.4 Å². The lowest BCUT2D eigenvalue weighted by Gasteiger charge is -2.08. The van der Waals surface area contributed by atoms with Gasteiger partial charge in [-0.2, -0.15) is 0 Å². The van der Waals surface area contributed by atoms with Crippen LogP contribution in [0.25, 0.3) is 21.9 Å². The van der Waals surface area contributed by atoms with Gasteiger partial charge < -0.3 is 15.3 Å². The molecular weight excluding hydrogens is 268 g/mol. The lowest BCUT2D eigenvalue weighted by Crippen LogP contribution is -1.95. The van der Waals surface area contributed by atoms with Gasteiger partial charge in [0.1, 0.15) is 11.5 Å². The van der Waals surface area contributed by atoms with E-state index < -0.39 is 5.97 Å². The first-order chi connectivity index (χ1) is 10.0. The van der Waals surface area contributed by atoms with Gasteiger partial charge in [-0.05, 0) is 52.7 Å². The molecule has 4 heteroatoms. The molecule has 0 aliphatic rings. The molecule has 0 atom stereocenters. The summed E-state index contributed by atoms with van der Waals surface area (Å²) in [5, 5.41) is 30.1. The van der Waals surface area contributed by atoms with Crippen molar-refractivity contribution in [2.24, 2.45) is 0 Å². The Morgan fingerprint density at radius 2 is 1.52 bits per heavy atom. The van der Waals surface area contributed by atoms with Crippen molar-refractivity contribution < 1.29 is 20.1 Å². The lowest BCUT2D eigenvalue weighted by atomic mass is 9.99. The smallest absolute Gasteiger partial charge is 0.335 e. The zero-order valence-corrected chi connectivity index (χ0v) is 10.9. The molecule has 4 nitrogen and oxygen atoms in total. The third-order valence-electron chi connectivity index (χ3n) is 3.38. The highest BCUT2D eigenvalue weighted by Crippen LogP contribution is 2.34. The van der Waals surface area contributed by atoms with E-state index in [4.69, 9.17) is 5.11 Å². The fourth-order valence-corrected chi connectivity index (χ4v) is 2.30. The minimum atomic E-state index is -0.986. The Morgan fingerprint density at radius 1 is 0.810 bits per heavy atom. The number of carboxylic acid groups (broad SMARTS) is 1. The molecule has 0 aliphatic heterocycles. The van der Waals surface area contributed by atoms with Crippen LogP contribution in [0.4, 0.5) is 0 Å². The molecule has 0 bridgehead atoms. The van der Waals surface area contributed by atoms with Crippen molar-refractivity contribution in [3.05, 3.63) is 60.2 Å². The number of phenolic OH excluding ortho intramolecular Hbond substituents is 2. The minimum absolute atomic E-state index is 0.0798. The second-order valence-electron chi connectivity index (χ2n) is 4.78. The molecular formula is C17H12O4. The van der Waals surface area contributed by atoms with Gasteiger partial charge in [-0.1, -0.05) is 18.2 Å². The summed E-state index contributed by atoms with van der Waals surface area (Å²) in [7, 11) is 0. The van der Waals surface area contributed by atoms with Crippen LogP contribution in [-0.4, -0.2) is 21.3 Å². The van der Waals surface area contributed by atoms with Crippen LogP contribution in [0.5, 0.6) is 11.5 Å². The summed E-state index contributed by atoms with van der Waals surface area (Å²) in [5.41, 5.74) is 1.54. The first kappa shape index (κ1) is 13.0. The number of fused-ring (bicyclic) bond motifs is 1. The molecule has 3 aromatic rings. The predicted octanol–water partition coefficient (Wildman–Crippen LogP) is 3.62. The molecule has 0 aliphatic carbocycles. The average Bonchev–Trinajstić information content (AvgIpc) is 2.46. The van der Waals surface area contributed by atoms with Crippen molar-refractivity contribution in [1.29, 1.82) is 0 Å². The summed E-state index contributed by atoms with van der Waals surface area (Å²) in [6.45, 7) is 0. The molecule has 3 N–H and O–H groups in total. The predicted molar refractivity (Wildman–Crippen MR) is 79.7 cm³/mol. The van der Waals surface area contributed by atoms with Crippen LogP contribution in [0.2, 0.25) is 0 Å². The Balaban J connectivity index is 2.13. The van der Waals surface area contributed by atoms with E-state index in [0.717, 1.165) is 16.3 Å². The topological polar surface area (TPSA) is 77.8 Å². The van der Waals surface area contributed by atoms with Gasteiger partial charge in [0.2, 0.25) is 0 Å². The number of hydrogen-bond donors (Lipinski definition) is 3. The summed E-state index contributed by atoms with van der Waals surface area (Å²) in [6.07, 6.45) is 0. The number of rotatable bonds is 2. The number of carboxylic acids is 1. The highest BCUT2D eigenvalue weighted by Gasteiger charge is 2.08. The van der Waals surface area contributed by atoms with Gasteiger partial charge >= 0.3 is 5.97 Å². The molecule has 0 radical (unpaired) electrons. The summed E-state index contributed by atoms with van der Waals surface area (Å²) >= 11 is 0. The molecule has 21 heavy (non-hydrogen) atoms. The number of benzene rings is 3. The van der Waals surface area contributed by atoms with Crippen LogP contribution in [0.3, 0.4) is 0 Å². The second kappa shape index (κ2) is 4.83. The van der Waals surface area contributed by atoms with Gasteiger partial charge in [0.15, 0.2) is 0 Å². The van der Waals surface area contributed by atoms with E-state index in [1.807, 2.05) is 0 Å². The SMILES string of the molecule is O=C(O)c1ccc(-c2cc3ccc(O)cc3cc2O)cc1. The monoisotopic (exact) mass is 280 g/mol. The van der Waals surface area contributed by atoms with E-state index in [0.29, 0.717) is 5.56 Å². The third kappa shape index (κ3) is 2.39. The quantitative estimate of drug-likeness (QED) is 0.670. The van der Waals surface area contributed by atoms with Gasteiger partial charge in [-0.3, -0.25) is 0 Å². The zero-order chi connectivity index (χ0) is 15.0. The Kier molecular flexibility index (Phi) is 2.99. The molecule has 0 spiro atoms. The van der Waals surface area contributed by atoms with Crippen LogP contribution < -0.4 is 0 Å².